The predicted octanol–water partition coefficient (Wildman–Crippen LogP) is 3.72. The van der Waals surface area contributed by atoms with Gasteiger partial charge in [-0.1, -0.05) is 24.3 Å². The molecule has 0 aliphatic rings. The van der Waals surface area contributed by atoms with Crippen molar-refractivity contribution < 1.29 is 0 Å². The molecule has 4 rings (SSSR count). The second kappa shape index (κ2) is 7.32. The summed E-state index contributed by atoms with van der Waals surface area (Å²) < 4.78 is 4.34. The molecule has 0 saturated carbocycles. The van der Waals surface area contributed by atoms with E-state index >= 15 is 0 Å². The first-order valence-corrected chi connectivity index (χ1v) is 9.26. The molecule has 4 aromatic rings. The first-order valence-electron chi connectivity index (χ1n) is 9.26. The van der Waals surface area contributed by atoms with Crippen molar-refractivity contribution in [1.29, 1.82) is 0 Å². The van der Waals surface area contributed by atoms with Gasteiger partial charge in [0.2, 0.25) is 5.95 Å². The average Bonchev–Trinajstić information content (AvgIpc) is 3.21. The highest BCUT2D eigenvalue weighted by Gasteiger charge is 2.11. The molecule has 0 bridgehead atoms. The molecule has 2 heterocycles. The summed E-state index contributed by atoms with van der Waals surface area (Å²) in [7, 11) is 4.15. The van der Waals surface area contributed by atoms with Crippen LogP contribution in [-0.4, -0.2) is 50.9 Å². The highest BCUT2D eigenvalue weighted by molar-refractivity contribution is 5.86. The zero-order valence-corrected chi connectivity index (χ0v) is 16.0. The Balaban J connectivity index is 1.76. The van der Waals surface area contributed by atoms with Crippen molar-refractivity contribution in [1.82, 2.24) is 24.0 Å². The number of likely N-dealkylation sites (N-methyl/N-ethyl adjacent to an activating group) is 1. The van der Waals surface area contributed by atoms with E-state index < -0.39 is 0 Å². The van der Waals surface area contributed by atoms with E-state index in [0.29, 0.717) is 5.95 Å². The van der Waals surface area contributed by atoms with E-state index in [1.54, 1.807) is 0 Å². The third kappa shape index (κ3) is 3.36. The number of hydrogen-bond acceptors (Lipinski definition) is 4. The van der Waals surface area contributed by atoms with Crippen molar-refractivity contribution in [2.75, 3.05) is 20.6 Å². The lowest BCUT2D eigenvalue weighted by Crippen LogP contribution is -2.18. The third-order valence-electron chi connectivity index (χ3n) is 4.70. The lowest BCUT2D eigenvalue weighted by atomic mass is 10.3. The Bertz CT molecular complexity index is 1100. The lowest BCUT2D eigenvalue weighted by Gasteiger charge is -2.11. The minimum atomic E-state index is 0.716. The predicted molar refractivity (Wildman–Crippen MR) is 111 cm³/mol. The maximum absolute atomic E-state index is 4.72. The fraction of sp³-hybridized carbons (Fsp3) is 0.286. The third-order valence-corrected chi connectivity index (χ3v) is 4.70. The number of rotatable bonds is 6. The van der Waals surface area contributed by atoms with E-state index in [1.165, 1.54) is 0 Å². The summed E-state index contributed by atoms with van der Waals surface area (Å²) in [5.74, 6) is 1.57. The number of imidazole rings is 2. The van der Waals surface area contributed by atoms with E-state index in [2.05, 4.69) is 47.2 Å². The van der Waals surface area contributed by atoms with Gasteiger partial charge in [0.25, 0.3) is 0 Å². The van der Waals surface area contributed by atoms with Crippen molar-refractivity contribution in [3.63, 3.8) is 0 Å². The van der Waals surface area contributed by atoms with E-state index in [1.807, 2.05) is 42.6 Å². The molecule has 6 nitrogen and oxygen atoms in total. The van der Waals surface area contributed by atoms with Gasteiger partial charge in [-0.25, -0.2) is 15.0 Å². The van der Waals surface area contributed by atoms with Crippen LogP contribution >= 0.6 is 0 Å². The van der Waals surface area contributed by atoms with Crippen LogP contribution in [0.2, 0.25) is 0 Å². The largest absolute Gasteiger partial charge is 0.323 e. The Labute approximate surface area is 158 Å². The van der Waals surface area contributed by atoms with Crippen LogP contribution in [0.4, 0.5) is 5.95 Å². The van der Waals surface area contributed by atoms with Crippen LogP contribution in [0, 0.1) is 0 Å². The van der Waals surface area contributed by atoms with E-state index in [0.717, 1.165) is 47.5 Å². The number of nitrogens with zero attached hydrogens (tertiary/aromatic N) is 6. The van der Waals surface area contributed by atoms with Crippen LogP contribution in [0.1, 0.15) is 12.7 Å². The number of aryl methyl sites for hydroxylation is 1. The second-order valence-corrected chi connectivity index (χ2v) is 6.82. The van der Waals surface area contributed by atoms with Crippen molar-refractivity contribution in [3.8, 4) is 0 Å². The Hall–Kier alpha value is -2.99. The minimum absolute atomic E-state index is 0.716. The number of hydrogen-bond donors (Lipinski definition) is 0. The van der Waals surface area contributed by atoms with Crippen molar-refractivity contribution in [2.24, 2.45) is 4.99 Å². The highest BCUT2D eigenvalue weighted by Crippen LogP contribution is 2.22. The quantitative estimate of drug-likeness (QED) is 0.493. The van der Waals surface area contributed by atoms with Gasteiger partial charge in [0, 0.05) is 19.6 Å². The van der Waals surface area contributed by atoms with Crippen LogP contribution in [-0.2, 0) is 13.1 Å². The van der Waals surface area contributed by atoms with E-state index in [-0.39, 0.29) is 0 Å². The van der Waals surface area contributed by atoms with Gasteiger partial charge in [-0.15, -0.1) is 0 Å². The topological polar surface area (TPSA) is 51.2 Å². The van der Waals surface area contributed by atoms with Gasteiger partial charge in [-0.05, 0) is 45.3 Å². The summed E-state index contributed by atoms with van der Waals surface area (Å²) in [4.78, 5) is 16.3. The zero-order chi connectivity index (χ0) is 18.8. The number of benzene rings is 2. The van der Waals surface area contributed by atoms with E-state index in [9.17, 15) is 0 Å². The fourth-order valence-electron chi connectivity index (χ4n) is 3.32. The summed E-state index contributed by atoms with van der Waals surface area (Å²) >= 11 is 0. The minimum Gasteiger partial charge on any atom is -0.323 e. The maximum Gasteiger partial charge on any atom is 0.230 e. The van der Waals surface area contributed by atoms with Crippen LogP contribution in [0.5, 0.6) is 0 Å². The average molecular weight is 360 g/mol. The molecular formula is C21H24N6. The molecule has 0 spiro atoms. The van der Waals surface area contributed by atoms with Crippen molar-refractivity contribution in [3.05, 3.63) is 54.4 Å². The van der Waals surface area contributed by atoms with Gasteiger partial charge in [0.05, 0.1) is 28.3 Å². The summed E-state index contributed by atoms with van der Waals surface area (Å²) in [5, 5.41) is 0. The SMILES string of the molecule is CCn1c(C=Nc2nc3ccccc3n2CCN(C)C)nc2ccccc21. The van der Waals surface area contributed by atoms with Gasteiger partial charge in [-0.2, -0.15) is 0 Å². The smallest absolute Gasteiger partial charge is 0.230 e. The molecule has 0 saturated heterocycles. The van der Waals surface area contributed by atoms with Gasteiger partial charge >= 0.3 is 0 Å². The van der Waals surface area contributed by atoms with E-state index in [4.69, 9.17) is 15.0 Å². The Kier molecular flexibility index (Phi) is 4.73. The normalized spacial score (nSPS) is 12.1. The molecule has 0 fully saturated rings. The molecule has 0 radical (unpaired) electrons. The zero-order valence-electron chi connectivity index (χ0n) is 16.0. The van der Waals surface area contributed by atoms with Crippen LogP contribution in [0.3, 0.4) is 0 Å². The summed E-state index contributed by atoms with van der Waals surface area (Å²) in [6, 6.07) is 16.4. The van der Waals surface area contributed by atoms with Gasteiger partial charge in [0.15, 0.2) is 5.82 Å². The van der Waals surface area contributed by atoms with Crippen LogP contribution in [0.15, 0.2) is 53.5 Å². The Morgan fingerprint density at radius 3 is 2.22 bits per heavy atom. The van der Waals surface area contributed by atoms with Gasteiger partial charge in [-0.3, -0.25) is 0 Å². The van der Waals surface area contributed by atoms with Crippen LogP contribution < -0.4 is 0 Å². The first kappa shape index (κ1) is 17.4. The molecular weight excluding hydrogens is 336 g/mol. The highest BCUT2D eigenvalue weighted by atomic mass is 15.2. The molecule has 0 aliphatic heterocycles. The number of aromatic nitrogens is 4. The molecule has 0 unspecified atom stereocenters. The molecule has 0 amide bonds. The molecule has 0 aliphatic carbocycles. The van der Waals surface area contributed by atoms with Crippen molar-refractivity contribution in [2.45, 2.75) is 20.0 Å². The molecule has 0 N–H and O–H groups in total. The van der Waals surface area contributed by atoms with Gasteiger partial charge < -0.3 is 14.0 Å². The van der Waals surface area contributed by atoms with Crippen molar-refractivity contribution >= 4 is 34.2 Å². The fourth-order valence-corrected chi connectivity index (χ4v) is 3.32. The molecule has 6 heteroatoms. The monoisotopic (exact) mass is 360 g/mol. The Morgan fingerprint density at radius 1 is 0.926 bits per heavy atom. The van der Waals surface area contributed by atoms with Gasteiger partial charge in [0.1, 0.15) is 0 Å². The number of aliphatic imine (C=N–C) groups is 1. The summed E-state index contributed by atoms with van der Waals surface area (Å²) in [5.41, 5.74) is 4.19. The molecule has 2 aromatic heterocycles. The summed E-state index contributed by atoms with van der Waals surface area (Å²) in [6.45, 7) is 4.73. The maximum atomic E-state index is 4.72. The Morgan fingerprint density at radius 2 is 1.56 bits per heavy atom. The summed E-state index contributed by atoms with van der Waals surface area (Å²) in [6.07, 6.45) is 1.83. The number of para-hydroxylation sites is 4. The standard InChI is InChI=1S/C21H24N6/c1-4-26-18-11-7-5-9-16(18)23-20(26)15-22-21-24-17-10-6-8-12-19(17)27(21)14-13-25(2)3/h5-12,15H,4,13-14H2,1-3H3. The number of fused-ring (bicyclic) bond motifs is 2. The lowest BCUT2D eigenvalue weighted by molar-refractivity contribution is 0.387. The van der Waals surface area contributed by atoms with Crippen LogP contribution in [0.25, 0.3) is 22.1 Å². The molecule has 27 heavy (non-hydrogen) atoms. The molecule has 138 valence electrons. The second-order valence-electron chi connectivity index (χ2n) is 6.82. The molecule has 2 aromatic carbocycles. The molecule has 0 atom stereocenters. The first-order chi connectivity index (χ1) is 13.2.